The SMILES string of the molecule is C[N]c1csnn1. The summed E-state index contributed by atoms with van der Waals surface area (Å²) in [5, 5.41) is 9.20. The average Bonchev–Trinajstić information content (AvgIpc) is 2.14. The third-order valence-corrected chi connectivity index (χ3v) is 1.07. The Morgan fingerprint density at radius 3 is 3.00 bits per heavy atom. The van der Waals surface area contributed by atoms with E-state index in [2.05, 4.69) is 14.9 Å². The van der Waals surface area contributed by atoms with Crippen molar-refractivity contribution < 1.29 is 0 Å². The van der Waals surface area contributed by atoms with E-state index in [0.717, 1.165) is 0 Å². The first-order chi connectivity index (χ1) is 3.43. The van der Waals surface area contributed by atoms with Crippen LogP contribution in [-0.4, -0.2) is 16.6 Å². The number of hydrogen-bond acceptors (Lipinski definition) is 3. The minimum Gasteiger partial charge on any atom is -0.268 e. The highest BCUT2D eigenvalue weighted by atomic mass is 32.1. The van der Waals surface area contributed by atoms with E-state index in [4.69, 9.17) is 0 Å². The van der Waals surface area contributed by atoms with E-state index in [1.165, 1.54) is 11.5 Å². The molecule has 0 aliphatic rings. The third-order valence-electron chi connectivity index (χ3n) is 0.578. The lowest BCUT2D eigenvalue weighted by Crippen LogP contribution is -1.84. The van der Waals surface area contributed by atoms with Gasteiger partial charge < -0.3 is 0 Å². The van der Waals surface area contributed by atoms with Gasteiger partial charge in [-0.25, -0.2) is 0 Å². The van der Waals surface area contributed by atoms with Crippen LogP contribution in [0.4, 0.5) is 5.82 Å². The molecular weight excluding hydrogens is 110 g/mol. The maximum Gasteiger partial charge on any atom is 0.182 e. The van der Waals surface area contributed by atoms with Gasteiger partial charge in [0.2, 0.25) is 0 Å². The molecule has 7 heavy (non-hydrogen) atoms. The predicted octanol–water partition coefficient (Wildman–Crippen LogP) is 0.404. The Labute approximate surface area is 45.5 Å². The minimum absolute atomic E-state index is 0.713. The van der Waals surface area contributed by atoms with Crippen molar-refractivity contribution in [2.24, 2.45) is 0 Å². The molecule has 3 nitrogen and oxygen atoms in total. The van der Waals surface area contributed by atoms with E-state index in [0.29, 0.717) is 5.82 Å². The van der Waals surface area contributed by atoms with Crippen LogP contribution in [0.15, 0.2) is 5.38 Å². The first-order valence-electron chi connectivity index (χ1n) is 1.80. The third kappa shape index (κ3) is 0.866. The summed E-state index contributed by atoms with van der Waals surface area (Å²) in [7, 11) is 1.69. The van der Waals surface area contributed by atoms with Crippen molar-refractivity contribution >= 4 is 17.4 Å². The molecule has 37 valence electrons. The maximum absolute atomic E-state index is 3.77. The Hall–Kier alpha value is -0.640. The molecule has 0 unspecified atom stereocenters. The highest BCUT2D eigenvalue weighted by Gasteiger charge is 1.86. The fourth-order valence-corrected chi connectivity index (χ4v) is 0.682. The number of nitrogens with zero attached hydrogens (tertiary/aromatic N) is 3. The molecule has 0 aliphatic heterocycles. The molecule has 1 aromatic rings. The van der Waals surface area contributed by atoms with Crippen LogP contribution in [0, 0.1) is 0 Å². The molecule has 1 rings (SSSR count). The van der Waals surface area contributed by atoms with Crippen molar-refractivity contribution in [1.29, 1.82) is 0 Å². The summed E-state index contributed by atoms with van der Waals surface area (Å²) in [6, 6.07) is 0. The summed E-state index contributed by atoms with van der Waals surface area (Å²) in [5.41, 5.74) is 0. The molecule has 0 saturated carbocycles. The molecule has 0 atom stereocenters. The van der Waals surface area contributed by atoms with Crippen molar-refractivity contribution in [2.45, 2.75) is 0 Å². The largest absolute Gasteiger partial charge is 0.268 e. The van der Waals surface area contributed by atoms with Crippen LogP contribution in [0.1, 0.15) is 0 Å². The van der Waals surface area contributed by atoms with Gasteiger partial charge in [-0.3, -0.25) is 5.32 Å². The summed E-state index contributed by atoms with van der Waals surface area (Å²) >= 11 is 1.31. The van der Waals surface area contributed by atoms with E-state index in [-0.39, 0.29) is 0 Å². The van der Waals surface area contributed by atoms with Gasteiger partial charge in [0.1, 0.15) is 0 Å². The molecule has 1 heterocycles. The molecular formula is C3H4N3S. The molecule has 0 amide bonds. The molecule has 0 N–H and O–H groups in total. The molecule has 0 bridgehead atoms. The quantitative estimate of drug-likeness (QED) is 0.530. The number of hydrogen-bond donors (Lipinski definition) is 0. The van der Waals surface area contributed by atoms with Gasteiger partial charge in [0.05, 0.1) is 5.38 Å². The summed E-state index contributed by atoms with van der Waals surface area (Å²) < 4.78 is 3.59. The summed E-state index contributed by atoms with van der Waals surface area (Å²) in [6.07, 6.45) is 0. The van der Waals surface area contributed by atoms with Crippen LogP contribution < -0.4 is 5.32 Å². The number of rotatable bonds is 1. The molecule has 1 aromatic heterocycles. The minimum atomic E-state index is 0.713. The lowest BCUT2D eigenvalue weighted by Gasteiger charge is -1.77. The van der Waals surface area contributed by atoms with Crippen LogP contribution in [0.5, 0.6) is 0 Å². The first kappa shape index (κ1) is 4.52. The van der Waals surface area contributed by atoms with Crippen molar-refractivity contribution in [3.05, 3.63) is 5.38 Å². The van der Waals surface area contributed by atoms with Gasteiger partial charge in [0.25, 0.3) is 0 Å². The highest BCUT2D eigenvalue weighted by Crippen LogP contribution is 1.99. The zero-order valence-corrected chi connectivity index (χ0v) is 4.64. The van der Waals surface area contributed by atoms with Crippen molar-refractivity contribution in [1.82, 2.24) is 14.9 Å². The second-order valence-corrected chi connectivity index (χ2v) is 1.60. The van der Waals surface area contributed by atoms with Crippen molar-refractivity contribution in [3.8, 4) is 0 Å². The second-order valence-electron chi connectivity index (χ2n) is 0.987. The Morgan fingerprint density at radius 2 is 2.71 bits per heavy atom. The Kier molecular flexibility index (Phi) is 1.21. The van der Waals surface area contributed by atoms with E-state index < -0.39 is 0 Å². The molecule has 0 spiro atoms. The van der Waals surface area contributed by atoms with E-state index in [1.807, 2.05) is 0 Å². The second kappa shape index (κ2) is 1.88. The topological polar surface area (TPSA) is 39.9 Å². The lowest BCUT2D eigenvalue weighted by molar-refractivity contribution is 0.993. The molecule has 4 heteroatoms. The van der Waals surface area contributed by atoms with Crippen LogP contribution in [-0.2, 0) is 0 Å². The Balaban J connectivity index is 2.76. The van der Waals surface area contributed by atoms with Gasteiger partial charge in [-0.2, -0.15) is 0 Å². The molecule has 0 saturated heterocycles. The van der Waals surface area contributed by atoms with Gasteiger partial charge in [0.15, 0.2) is 5.82 Å². The lowest BCUT2D eigenvalue weighted by atomic mass is 10.8. The smallest absolute Gasteiger partial charge is 0.182 e. The van der Waals surface area contributed by atoms with Crippen LogP contribution >= 0.6 is 11.5 Å². The predicted molar refractivity (Wildman–Crippen MR) is 27.6 cm³/mol. The van der Waals surface area contributed by atoms with Gasteiger partial charge in [-0.15, -0.1) is 5.10 Å². The summed E-state index contributed by atoms with van der Waals surface area (Å²) in [5.74, 6) is 0.713. The van der Waals surface area contributed by atoms with Crippen molar-refractivity contribution in [2.75, 3.05) is 7.05 Å². The molecule has 0 aliphatic carbocycles. The average molecular weight is 114 g/mol. The summed E-state index contributed by atoms with van der Waals surface area (Å²) in [6.45, 7) is 0. The van der Waals surface area contributed by atoms with Gasteiger partial charge in [-0.1, -0.05) is 4.49 Å². The Morgan fingerprint density at radius 1 is 1.86 bits per heavy atom. The zero-order valence-electron chi connectivity index (χ0n) is 3.83. The fourth-order valence-electron chi connectivity index (χ4n) is 0.257. The van der Waals surface area contributed by atoms with Gasteiger partial charge in [0, 0.05) is 7.05 Å². The standard InChI is InChI=1S/C3H4N3S/c1-4-3-2-7-6-5-3/h2H,1H3. The zero-order chi connectivity index (χ0) is 5.11. The van der Waals surface area contributed by atoms with Crippen LogP contribution in [0.3, 0.4) is 0 Å². The summed E-state index contributed by atoms with van der Waals surface area (Å²) in [4.78, 5) is 0. The first-order valence-corrected chi connectivity index (χ1v) is 2.64. The molecule has 1 radical (unpaired) electrons. The molecule has 0 aromatic carbocycles. The monoisotopic (exact) mass is 114 g/mol. The number of aromatic nitrogens is 2. The Bertz CT molecular complexity index is 125. The van der Waals surface area contributed by atoms with Crippen LogP contribution in [0.2, 0.25) is 0 Å². The maximum atomic E-state index is 3.77. The van der Waals surface area contributed by atoms with Gasteiger partial charge in [-0.05, 0) is 11.5 Å². The normalized spacial score (nSPS) is 8.71. The van der Waals surface area contributed by atoms with Gasteiger partial charge >= 0.3 is 0 Å². The van der Waals surface area contributed by atoms with E-state index >= 15 is 0 Å². The van der Waals surface area contributed by atoms with Crippen molar-refractivity contribution in [3.63, 3.8) is 0 Å². The molecule has 0 fully saturated rings. The fraction of sp³-hybridized carbons (Fsp3) is 0.333. The highest BCUT2D eigenvalue weighted by molar-refractivity contribution is 7.03. The van der Waals surface area contributed by atoms with E-state index in [9.17, 15) is 0 Å². The van der Waals surface area contributed by atoms with Crippen LogP contribution in [0.25, 0.3) is 0 Å². The van der Waals surface area contributed by atoms with E-state index in [1.54, 1.807) is 12.4 Å².